The number of Topliss-reactive ketones (excluding diaryl/α,β-unsaturated/α-hetero) is 1. The Morgan fingerprint density at radius 2 is 2.12 bits per heavy atom. The summed E-state index contributed by atoms with van der Waals surface area (Å²) >= 11 is 4.58. The number of aromatic nitrogens is 2. The van der Waals surface area contributed by atoms with Crippen molar-refractivity contribution in [1.82, 2.24) is 9.55 Å². The van der Waals surface area contributed by atoms with E-state index in [-0.39, 0.29) is 23.5 Å². The molecule has 0 saturated carbocycles. The molecule has 0 spiro atoms. The number of hydrogen-bond donors (Lipinski definition) is 0. The zero-order chi connectivity index (χ0) is 18.3. The molecule has 0 bridgehead atoms. The van der Waals surface area contributed by atoms with E-state index in [0.717, 1.165) is 22.5 Å². The van der Waals surface area contributed by atoms with Gasteiger partial charge in [0.1, 0.15) is 5.82 Å². The predicted molar refractivity (Wildman–Crippen MR) is 101 cm³/mol. The molecule has 0 N–H and O–H groups in total. The van der Waals surface area contributed by atoms with Crippen LogP contribution in [0.25, 0.3) is 10.9 Å². The van der Waals surface area contributed by atoms with Crippen LogP contribution in [0.1, 0.15) is 32.3 Å². The lowest BCUT2D eigenvalue weighted by Gasteiger charge is -2.07. The maximum absolute atomic E-state index is 12.4. The maximum atomic E-state index is 12.4. The van der Waals surface area contributed by atoms with Crippen molar-refractivity contribution < 1.29 is 14.3 Å². The Kier molecular flexibility index (Phi) is 4.46. The van der Waals surface area contributed by atoms with Gasteiger partial charge in [-0.25, -0.2) is 9.78 Å². The van der Waals surface area contributed by atoms with Gasteiger partial charge in [-0.05, 0) is 52.7 Å². The number of nitrogens with zero attached hydrogens (tertiary/aromatic N) is 2. The summed E-state index contributed by atoms with van der Waals surface area (Å²) in [6, 6.07) is 8.11. The van der Waals surface area contributed by atoms with Crippen molar-refractivity contribution in [3.63, 3.8) is 0 Å². The molecular formula is C18H13BrN2O4S. The van der Waals surface area contributed by atoms with Crippen molar-refractivity contribution in [3.8, 4) is 0 Å². The van der Waals surface area contributed by atoms with Gasteiger partial charge in [0.2, 0.25) is 5.78 Å². The van der Waals surface area contributed by atoms with Crippen LogP contribution in [-0.2, 0) is 17.7 Å². The highest BCUT2D eigenvalue weighted by atomic mass is 79.9. The minimum absolute atomic E-state index is 0.0825. The summed E-state index contributed by atoms with van der Waals surface area (Å²) in [6.07, 6.45) is 1.65. The van der Waals surface area contributed by atoms with Crippen LogP contribution in [0, 0.1) is 0 Å². The van der Waals surface area contributed by atoms with Crippen LogP contribution in [0.2, 0.25) is 0 Å². The van der Waals surface area contributed by atoms with Crippen LogP contribution >= 0.6 is 27.3 Å². The van der Waals surface area contributed by atoms with E-state index in [1.54, 1.807) is 28.8 Å². The fourth-order valence-electron chi connectivity index (χ4n) is 2.96. The number of ether oxygens (including phenoxy) is 1. The number of aryl methyl sites for hydroxylation is 1. The van der Waals surface area contributed by atoms with Gasteiger partial charge in [-0.3, -0.25) is 14.2 Å². The summed E-state index contributed by atoms with van der Waals surface area (Å²) in [5.41, 5.74) is 0.666. The molecule has 3 aromatic rings. The number of hydrogen-bond acceptors (Lipinski definition) is 6. The average Bonchev–Trinajstić information content (AvgIpc) is 3.28. The number of thiophene rings is 1. The quantitative estimate of drug-likeness (QED) is 0.467. The highest BCUT2D eigenvalue weighted by molar-refractivity contribution is 9.11. The molecule has 3 heterocycles. The Hall–Kier alpha value is -2.32. The van der Waals surface area contributed by atoms with E-state index < -0.39 is 5.97 Å². The molecule has 1 aliphatic rings. The van der Waals surface area contributed by atoms with Crippen molar-refractivity contribution in [2.75, 3.05) is 6.61 Å². The van der Waals surface area contributed by atoms with Gasteiger partial charge in [-0.1, -0.05) is 0 Å². The number of rotatable bonds is 4. The molecule has 0 atom stereocenters. The van der Waals surface area contributed by atoms with E-state index in [0.29, 0.717) is 22.3 Å². The third kappa shape index (κ3) is 3.10. The summed E-state index contributed by atoms with van der Waals surface area (Å²) in [7, 11) is 0. The number of benzene rings is 1. The van der Waals surface area contributed by atoms with Gasteiger partial charge in [0.25, 0.3) is 5.56 Å². The molecule has 0 fully saturated rings. The van der Waals surface area contributed by atoms with E-state index in [1.807, 2.05) is 0 Å². The first-order valence-electron chi connectivity index (χ1n) is 8.02. The number of ketones is 1. The summed E-state index contributed by atoms with van der Waals surface area (Å²) in [4.78, 5) is 41.7. The Morgan fingerprint density at radius 3 is 2.88 bits per heavy atom. The number of halogens is 1. The van der Waals surface area contributed by atoms with Gasteiger partial charge in [-0.2, -0.15) is 0 Å². The second-order valence-electron chi connectivity index (χ2n) is 5.92. The van der Waals surface area contributed by atoms with E-state index in [4.69, 9.17) is 4.74 Å². The summed E-state index contributed by atoms with van der Waals surface area (Å²) in [5.74, 6) is -0.131. The molecule has 132 valence electrons. The second kappa shape index (κ2) is 6.77. The van der Waals surface area contributed by atoms with Crippen LogP contribution in [0.4, 0.5) is 0 Å². The summed E-state index contributed by atoms with van der Waals surface area (Å²) < 4.78 is 7.64. The minimum atomic E-state index is -0.613. The van der Waals surface area contributed by atoms with Gasteiger partial charge >= 0.3 is 5.97 Å². The van der Waals surface area contributed by atoms with Gasteiger partial charge in [0.05, 0.1) is 25.1 Å². The van der Waals surface area contributed by atoms with E-state index >= 15 is 0 Å². The first-order chi connectivity index (χ1) is 12.5. The van der Waals surface area contributed by atoms with Crippen molar-refractivity contribution in [2.24, 2.45) is 0 Å². The molecule has 0 radical (unpaired) electrons. The van der Waals surface area contributed by atoms with Gasteiger partial charge in [0, 0.05) is 13.0 Å². The highest BCUT2D eigenvalue weighted by Gasteiger charge is 2.18. The Balaban J connectivity index is 1.54. The van der Waals surface area contributed by atoms with Crippen LogP contribution in [0.15, 0.2) is 38.9 Å². The molecule has 0 aliphatic carbocycles. The monoisotopic (exact) mass is 432 g/mol. The molecule has 0 amide bonds. The van der Waals surface area contributed by atoms with Crippen LogP contribution < -0.4 is 5.56 Å². The van der Waals surface area contributed by atoms with E-state index in [9.17, 15) is 14.4 Å². The third-order valence-electron chi connectivity index (χ3n) is 4.23. The zero-order valence-corrected chi connectivity index (χ0v) is 15.9. The normalized spacial score (nSPS) is 13.0. The van der Waals surface area contributed by atoms with Gasteiger partial charge in [-0.15, -0.1) is 11.3 Å². The minimum Gasteiger partial charge on any atom is -0.454 e. The lowest BCUT2D eigenvalue weighted by molar-refractivity contribution is 0.0476. The number of carbonyl (C=O) groups is 2. The molecular weight excluding hydrogens is 420 g/mol. The number of carbonyl (C=O) groups excluding carboxylic acids is 2. The molecule has 1 aromatic carbocycles. The topological polar surface area (TPSA) is 78.3 Å². The maximum Gasteiger partial charge on any atom is 0.338 e. The van der Waals surface area contributed by atoms with E-state index in [1.165, 1.54) is 17.4 Å². The SMILES string of the molecule is O=C(OCC(=O)c1ccc(Br)s1)c1ccc2c(=O)n3c(nc2c1)CCC3. The average molecular weight is 433 g/mol. The molecule has 6 nitrogen and oxygen atoms in total. The smallest absolute Gasteiger partial charge is 0.338 e. The Morgan fingerprint density at radius 1 is 1.27 bits per heavy atom. The number of esters is 1. The van der Waals surface area contributed by atoms with Crippen molar-refractivity contribution in [3.05, 3.63) is 60.7 Å². The lowest BCUT2D eigenvalue weighted by Crippen LogP contribution is -2.21. The Bertz CT molecular complexity index is 1100. The van der Waals surface area contributed by atoms with Crippen molar-refractivity contribution >= 4 is 49.9 Å². The predicted octanol–water partition coefficient (Wildman–Crippen LogP) is 3.21. The zero-order valence-electron chi connectivity index (χ0n) is 13.5. The van der Waals surface area contributed by atoms with Crippen LogP contribution in [0.3, 0.4) is 0 Å². The largest absolute Gasteiger partial charge is 0.454 e. The van der Waals surface area contributed by atoms with Crippen molar-refractivity contribution in [2.45, 2.75) is 19.4 Å². The van der Waals surface area contributed by atoms with Gasteiger partial charge < -0.3 is 4.74 Å². The first kappa shape index (κ1) is 17.1. The number of fused-ring (bicyclic) bond motifs is 2. The first-order valence-corrected chi connectivity index (χ1v) is 9.63. The summed E-state index contributed by atoms with van der Waals surface area (Å²) in [6.45, 7) is 0.353. The van der Waals surface area contributed by atoms with Gasteiger partial charge in [0.15, 0.2) is 6.61 Å². The second-order valence-corrected chi connectivity index (χ2v) is 8.39. The highest BCUT2D eigenvalue weighted by Crippen LogP contribution is 2.22. The van der Waals surface area contributed by atoms with Crippen molar-refractivity contribution in [1.29, 1.82) is 0 Å². The fourth-order valence-corrected chi connectivity index (χ4v) is 4.27. The summed E-state index contributed by atoms with van der Waals surface area (Å²) in [5, 5.41) is 0.478. The third-order valence-corrected chi connectivity index (χ3v) is 5.90. The molecule has 1 aliphatic heterocycles. The standard InChI is InChI=1S/C18H13BrN2O4S/c19-15-6-5-14(26-15)13(22)9-25-18(24)10-3-4-11-12(8-10)20-16-2-1-7-21(16)17(11)23/h3-6,8H,1-2,7,9H2. The molecule has 4 rings (SSSR count). The molecule has 0 saturated heterocycles. The van der Waals surface area contributed by atoms with Crippen LogP contribution in [0.5, 0.6) is 0 Å². The molecule has 8 heteroatoms. The molecule has 2 aromatic heterocycles. The van der Waals surface area contributed by atoms with E-state index in [2.05, 4.69) is 20.9 Å². The lowest BCUT2D eigenvalue weighted by atomic mass is 10.1. The molecule has 26 heavy (non-hydrogen) atoms. The Labute approximate surface area is 160 Å². The fraction of sp³-hybridized carbons (Fsp3) is 0.222. The van der Waals surface area contributed by atoms with Crippen LogP contribution in [-0.4, -0.2) is 27.9 Å². The molecule has 0 unspecified atom stereocenters.